The maximum absolute atomic E-state index is 13.3. The summed E-state index contributed by atoms with van der Waals surface area (Å²) >= 11 is 0. The van der Waals surface area contributed by atoms with Crippen LogP contribution in [0.15, 0.2) is 24.3 Å². The summed E-state index contributed by atoms with van der Waals surface area (Å²) in [4.78, 5) is 4.17. The fourth-order valence-electron chi connectivity index (χ4n) is 3.48. The summed E-state index contributed by atoms with van der Waals surface area (Å²) in [6.45, 7) is 3.26. The van der Waals surface area contributed by atoms with E-state index in [0.29, 0.717) is 19.0 Å². The molecule has 0 amide bonds. The zero-order chi connectivity index (χ0) is 15.7. The molecular weight excluding hydrogens is 287 g/mol. The second kappa shape index (κ2) is 6.50. The van der Waals surface area contributed by atoms with Crippen LogP contribution < -0.4 is 4.90 Å². The average Bonchev–Trinajstić information content (AvgIpc) is 2.93. The molecule has 3 N–H and O–H groups in total. The van der Waals surface area contributed by atoms with Gasteiger partial charge in [-0.2, -0.15) is 0 Å². The Morgan fingerprint density at radius 1 is 1.09 bits per heavy atom. The number of aliphatic hydroxyl groups excluding tert-OH is 3. The van der Waals surface area contributed by atoms with Crippen LogP contribution in [0.4, 0.5) is 10.1 Å². The van der Waals surface area contributed by atoms with Gasteiger partial charge in [0.2, 0.25) is 0 Å². The van der Waals surface area contributed by atoms with Crippen LogP contribution in [-0.2, 0) is 0 Å². The van der Waals surface area contributed by atoms with Gasteiger partial charge in [-0.05, 0) is 30.5 Å². The normalized spacial score (nSPS) is 33.4. The second-order valence-electron chi connectivity index (χ2n) is 6.42. The predicted octanol–water partition coefficient (Wildman–Crippen LogP) is 0.0503. The van der Waals surface area contributed by atoms with Crippen LogP contribution in [0.25, 0.3) is 0 Å². The Morgan fingerprint density at radius 2 is 1.82 bits per heavy atom. The molecule has 2 aliphatic rings. The van der Waals surface area contributed by atoms with E-state index in [2.05, 4.69) is 4.90 Å². The number of aliphatic hydroxyl groups is 3. The van der Waals surface area contributed by atoms with Gasteiger partial charge in [0.05, 0.1) is 12.2 Å². The van der Waals surface area contributed by atoms with Gasteiger partial charge in [0.25, 0.3) is 0 Å². The highest BCUT2D eigenvalue weighted by Crippen LogP contribution is 2.25. The van der Waals surface area contributed by atoms with Crippen LogP contribution in [0.2, 0.25) is 0 Å². The van der Waals surface area contributed by atoms with Gasteiger partial charge in [-0.15, -0.1) is 0 Å². The van der Waals surface area contributed by atoms with E-state index < -0.39 is 18.3 Å². The molecule has 6 heteroatoms. The van der Waals surface area contributed by atoms with Gasteiger partial charge in [-0.1, -0.05) is 6.07 Å². The molecule has 2 aliphatic heterocycles. The first-order valence-electron chi connectivity index (χ1n) is 7.80. The maximum atomic E-state index is 13.3. The van der Waals surface area contributed by atoms with E-state index in [1.807, 2.05) is 11.0 Å². The Balaban J connectivity index is 1.55. The van der Waals surface area contributed by atoms with Crippen LogP contribution in [-0.4, -0.2) is 71.3 Å². The lowest BCUT2D eigenvalue weighted by Crippen LogP contribution is -2.56. The number of anilines is 1. The van der Waals surface area contributed by atoms with Gasteiger partial charge in [-0.25, -0.2) is 4.39 Å². The molecule has 3 atom stereocenters. The van der Waals surface area contributed by atoms with E-state index in [4.69, 9.17) is 0 Å². The topological polar surface area (TPSA) is 67.2 Å². The van der Waals surface area contributed by atoms with E-state index >= 15 is 0 Å². The Bertz CT molecular complexity index is 504. The first-order chi connectivity index (χ1) is 10.5. The second-order valence-corrected chi connectivity index (χ2v) is 6.42. The van der Waals surface area contributed by atoms with Gasteiger partial charge in [0, 0.05) is 38.4 Å². The molecule has 0 radical (unpaired) electrons. The third-order valence-corrected chi connectivity index (χ3v) is 4.65. The van der Waals surface area contributed by atoms with Crippen LogP contribution in [0, 0.1) is 11.7 Å². The van der Waals surface area contributed by atoms with Crippen LogP contribution in [0.3, 0.4) is 0 Å². The molecular formula is C16H23FN2O3. The van der Waals surface area contributed by atoms with Crippen molar-refractivity contribution >= 4 is 5.69 Å². The lowest BCUT2D eigenvalue weighted by atomic mass is 10.00. The number of β-amino-alcohol motifs (C(OH)–C–C–N with tert-alkyl or cyclic N) is 2. The molecule has 2 unspecified atom stereocenters. The molecule has 0 aromatic heterocycles. The van der Waals surface area contributed by atoms with Crippen LogP contribution >= 0.6 is 0 Å². The van der Waals surface area contributed by atoms with E-state index in [1.165, 1.54) is 6.07 Å². The van der Waals surface area contributed by atoms with Crippen molar-refractivity contribution < 1.29 is 19.7 Å². The van der Waals surface area contributed by atoms with Crippen molar-refractivity contribution in [2.45, 2.75) is 24.7 Å². The zero-order valence-electron chi connectivity index (χ0n) is 12.5. The van der Waals surface area contributed by atoms with E-state index in [-0.39, 0.29) is 5.82 Å². The van der Waals surface area contributed by atoms with Crippen molar-refractivity contribution in [2.75, 3.05) is 37.6 Å². The molecule has 22 heavy (non-hydrogen) atoms. The first-order valence-corrected chi connectivity index (χ1v) is 7.80. The minimum Gasteiger partial charge on any atom is -0.389 e. The molecule has 2 saturated heterocycles. The van der Waals surface area contributed by atoms with Crippen molar-refractivity contribution in [2.24, 2.45) is 5.92 Å². The standard InChI is InChI=1S/C16H23FN2O3/c17-12-2-1-3-13(6-12)19-5-4-11(8-19)7-18-9-14(20)16(22)15(21)10-18/h1-3,6,11,14-16,20-22H,4-5,7-10H2/t11-,14?,15?,16?/m1/s1. The van der Waals surface area contributed by atoms with Crippen molar-refractivity contribution in [1.29, 1.82) is 0 Å². The minimum atomic E-state index is -1.05. The molecule has 0 aliphatic carbocycles. The van der Waals surface area contributed by atoms with Gasteiger partial charge in [-0.3, -0.25) is 4.90 Å². The number of likely N-dealkylation sites (tertiary alicyclic amines) is 1. The number of nitrogens with zero attached hydrogens (tertiary/aromatic N) is 2. The Morgan fingerprint density at radius 3 is 2.50 bits per heavy atom. The molecule has 0 bridgehead atoms. The number of rotatable bonds is 3. The Labute approximate surface area is 129 Å². The third kappa shape index (κ3) is 3.41. The summed E-state index contributed by atoms with van der Waals surface area (Å²) in [6, 6.07) is 6.62. The monoisotopic (exact) mass is 310 g/mol. The van der Waals surface area contributed by atoms with Gasteiger partial charge < -0.3 is 20.2 Å². The van der Waals surface area contributed by atoms with E-state index in [9.17, 15) is 19.7 Å². The smallest absolute Gasteiger partial charge is 0.125 e. The molecule has 1 aromatic carbocycles. The number of hydrogen-bond donors (Lipinski definition) is 3. The van der Waals surface area contributed by atoms with Crippen LogP contribution in [0.1, 0.15) is 6.42 Å². The minimum absolute atomic E-state index is 0.225. The van der Waals surface area contributed by atoms with E-state index in [0.717, 1.165) is 31.7 Å². The molecule has 3 rings (SSSR count). The fourth-order valence-corrected chi connectivity index (χ4v) is 3.48. The van der Waals surface area contributed by atoms with Gasteiger partial charge >= 0.3 is 0 Å². The molecule has 0 spiro atoms. The number of piperidine rings is 1. The lowest BCUT2D eigenvalue weighted by molar-refractivity contribution is -0.111. The SMILES string of the molecule is OC1CN(C[C@H]2CCN(c3cccc(F)c3)C2)CC(O)C1O. The fraction of sp³-hybridized carbons (Fsp3) is 0.625. The Hall–Kier alpha value is -1.21. The molecule has 2 fully saturated rings. The average molecular weight is 310 g/mol. The maximum Gasteiger partial charge on any atom is 0.125 e. The van der Waals surface area contributed by atoms with Crippen molar-refractivity contribution in [3.63, 3.8) is 0 Å². The summed E-state index contributed by atoms with van der Waals surface area (Å²) in [5.41, 5.74) is 0.900. The Kier molecular flexibility index (Phi) is 4.63. The first kappa shape index (κ1) is 15.7. The molecule has 1 aromatic rings. The molecule has 122 valence electrons. The summed E-state index contributed by atoms with van der Waals surface area (Å²) < 4.78 is 13.3. The van der Waals surface area contributed by atoms with Crippen LogP contribution in [0.5, 0.6) is 0 Å². The van der Waals surface area contributed by atoms with Crippen molar-refractivity contribution in [3.8, 4) is 0 Å². The summed E-state index contributed by atoms with van der Waals surface area (Å²) in [7, 11) is 0. The largest absolute Gasteiger partial charge is 0.389 e. The van der Waals surface area contributed by atoms with Gasteiger partial charge in [0.15, 0.2) is 0 Å². The highest BCUT2D eigenvalue weighted by atomic mass is 19.1. The molecule has 5 nitrogen and oxygen atoms in total. The number of hydrogen-bond acceptors (Lipinski definition) is 5. The summed E-state index contributed by atoms with van der Waals surface area (Å²) in [5, 5.41) is 29.1. The van der Waals surface area contributed by atoms with Crippen molar-refractivity contribution in [1.82, 2.24) is 4.90 Å². The lowest BCUT2D eigenvalue weighted by Gasteiger charge is -2.38. The van der Waals surface area contributed by atoms with Gasteiger partial charge in [0.1, 0.15) is 11.9 Å². The highest BCUT2D eigenvalue weighted by Gasteiger charge is 2.35. The summed E-state index contributed by atoms with van der Waals surface area (Å²) in [6.07, 6.45) is -1.85. The third-order valence-electron chi connectivity index (χ3n) is 4.65. The van der Waals surface area contributed by atoms with E-state index in [1.54, 1.807) is 12.1 Å². The highest BCUT2D eigenvalue weighted by molar-refractivity contribution is 5.47. The predicted molar refractivity (Wildman–Crippen MR) is 81.2 cm³/mol. The quantitative estimate of drug-likeness (QED) is 0.736. The summed E-state index contributed by atoms with van der Waals surface area (Å²) in [5.74, 6) is 0.190. The molecule has 2 heterocycles. The number of benzene rings is 1. The molecule has 0 saturated carbocycles. The zero-order valence-corrected chi connectivity index (χ0v) is 12.5. The number of halogens is 1. The van der Waals surface area contributed by atoms with Crippen molar-refractivity contribution in [3.05, 3.63) is 30.1 Å².